The second-order valence-electron chi connectivity index (χ2n) is 8.25. The van der Waals surface area contributed by atoms with E-state index in [9.17, 15) is 27.6 Å². The summed E-state index contributed by atoms with van der Waals surface area (Å²) < 4.78 is 40.5. The van der Waals surface area contributed by atoms with Gasteiger partial charge in [-0.2, -0.15) is 13.2 Å². The first-order chi connectivity index (χ1) is 16.1. The van der Waals surface area contributed by atoms with Crippen molar-refractivity contribution in [2.75, 3.05) is 30.9 Å². The molecule has 0 radical (unpaired) electrons. The van der Waals surface area contributed by atoms with Crippen LogP contribution in [0.5, 0.6) is 0 Å². The summed E-state index contributed by atoms with van der Waals surface area (Å²) in [6, 6.07) is 14.1. The number of nitrogens with one attached hydrogen (secondary N) is 1. The van der Waals surface area contributed by atoms with Crippen molar-refractivity contribution in [2.45, 2.75) is 19.0 Å². The molecule has 0 aromatic heterocycles. The Hall–Kier alpha value is -3.88. The van der Waals surface area contributed by atoms with Crippen LogP contribution in [0.3, 0.4) is 0 Å². The number of rotatable bonds is 6. The van der Waals surface area contributed by atoms with Gasteiger partial charge in [0.15, 0.2) is 0 Å². The number of halogens is 3. The molecule has 0 atom stereocenters. The topological polar surface area (TPSA) is 69.7 Å². The van der Waals surface area contributed by atoms with Gasteiger partial charge in [0.2, 0.25) is 5.91 Å². The van der Waals surface area contributed by atoms with Crippen molar-refractivity contribution in [3.05, 3.63) is 71.3 Å². The van der Waals surface area contributed by atoms with E-state index in [0.29, 0.717) is 22.2 Å². The quantitative estimate of drug-likeness (QED) is 0.520. The van der Waals surface area contributed by atoms with E-state index in [1.807, 2.05) is 12.1 Å². The van der Waals surface area contributed by atoms with Crippen LogP contribution in [0, 0.1) is 0 Å². The zero-order valence-electron chi connectivity index (χ0n) is 18.6. The molecule has 0 saturated heterocycles. The molecule has 0 unspecified atom stereocenters. The third-order valence-electron chi connectivity index (χ3n) is 5.74. The zero-order chi connectivity index (χ0) is 24.6. The maximum absolute atomic E-state index is 13.5. The fourth-order valence-corrected chi connectivity index (χ4v) is 4.05. The number of amides is 3. The standard InChI is InChI=1S/C25H22F3N3O3/c1-30(2)16-11-12-20(19(14-16)25(26,27)28)29-21(32)10-5-13-31-23(33)17-8-3-6-15-7-4-9-18(22(15)17)24(31)34/h3-4,6-9,11-12,14H,5,10,13H2,1-2H3,(H,29,32). The number of carbonyl (C=O) groups is 3. The molecule has 1 aliphatic heterocycles. The van der Waals surface area contributed by atoms with Crippen LogP contribution in [-0.2, 0) is 11.0 Å². The average Bonchev–Trinajstić information content (AvgIpc) is 2.79. The minimum absolute atomic E-state index is 0.0263. The normalized spacial score (nSPS) is 13.4. The minimum atomic E-state index is -4.64. The van der Waals surface area contributed by atoms with E-state index in [1.165, 1.54) is 17.0 Å². The molecule has 1 aliphatic rings. The molecule has 6 nitrogen and oxygen atoms in total. The third-order valence-corrected chi connectivity index (χ3v) is 5.74. The van der Waals surface area contributed by atoms with Gasteiger partial charge in [-0.25, -0.2) is 0 Å². The molecule has 4 rings (SSSR count). The number of carbonyl (C=O) groups excluding carboxylic acids is 3. The van der Waals surface area contributed by atoms with E-state index in [1.54, 1.807) is 38.4 Å². The zero-order valence-corrected chi connectivity index (χ0v) is 18.6. The van der Waals surface area contributed by atoms with Crippen molar-refractivity contribution >= 4 is 39.9 Å². The molecule has 3 aromatic rings. The predicted molar refractivity (Wildman–Crippen MR) is 123 cm³/mol. The maximum Gasteiger partial charge on any atom is 0.418 e. The van der Waals surface area contributed by atoms with Crippen LogP contribution in [0.2, 0.25) is 0 Å². The number of hydrogen-bond acceptors (Lipinski definition) is 4. The predicted octanol–water partition coefficient (Wildman–Crippen LogP) is 4.94. The largest absolute Gasteiger partial charge is 0.418 e. The number of imide groups is 1. The summed E-state index contributed by atoms with van der Waals surface area (Å²) in [5, 5.41) is 3.70. The lowest BCUT2D eigenvalue weighted by Crippen LogP contribution is -2.41. The maximum atomic E-state index is 13.5. The molecule has 9 heteroatoms. The van der Waals surface area contributed by atoms with E-state index in [4.69, 9.17) is 0 Å². The van der Waals surface area contributed by atoms with Gasteiger partial charge in [-0.15, -0.1) is 0 Å². The van der Waals surface area contributed by atoms with Gasteiger partial charge in [-0.3, -0.25) is 19.3 Å². The Kier molecular flexibility index (Phi) is 6.03. The van der Waals surface area contributed by atoms with Crippen LogP contribution in [0.4, 0.5) is 24.5 Å². The average molecular weight is 469 g/mol. The lowest BCUT2D eigenvalue weighted by molar-refractivity contribution is -0.136. The first-order valence-corrected chi connectivity index (χ1v) is 10.6. The summed E-state index contributed by atoms with van der Waals surface area (Å²) in [6.07, 6.45) is -4.69. The highest BCUT2D eigenvalue weighted by Crippen LogP contribution is 2.37. The van der Waals surface area contributed by atoms with Crippen LogP contribution >= 0.6 is 0 Å². The van der Waals surface area contributed by atoms with E-state index in [2.05, 4.69) is 5.32 Å². The second-order valence-corrected chi connectivity index (χ2v) is 8.25. The molecule has 3 amide bonds. The van der Waals surface area contributed by atoms with Crippen LogP contribution in [0.1, 0.15) is 39.1 Å². The smallest absolute Gasteiger partial charge is 0.378 e. The van der Waals surface area contributed by atoms with E-state index in [-0.39, 0.29) is 25.1 Å². The summed E-state index contributed by atoms with van der Waals surface area (Å²) in [4.78, 5) is 40.8. The third kappa shape index (κ3) is 4.33. The summed E-state index contributed by atoms with van der Waals surface area (Å²) in [5.74, 6) is -1.54. The van der Waals surface area contributed by atoms with Gasteiger partial charge in [0.1, 0.15) is 0 Å². The summed E-state index contributed by atoms with van der Waals surface area (Å²) in [5.41, 5.74) is -0.115. The highest BCUT2D eigenvalue weighted by atomic mass is 19.4. The number of alkyl halides is 3. The van der Waals surface area contributed by atoms with Gasteiger partial charge < -0.3 is 10.2 Å². The lowest BCUT2D eigenvalue weighted by atomic mass is 9.94. The number of benzene rings is 3. The molecule has 3 aromatic carbocycles. The Balaban J connectivity index is 1.44. The lowest BCUT2D eigenvalue weighted by Gasteiger charge is -2.27. The van der Waals surface area contributed by atoms with Crippen molar-refractivity contribution in [1.82, 2.24) is 4.90 Å². The number of anilines is 2. The molecule has 0 aliphatic carbocycles. The monoisotopic (exact) mass is 469 g/mol. The molecule has 0 fully saturated rings. The highest BCUT2D eigenvalue weighted by molar-refractivity contribution is 6.25. The van der Waals surface area contributed by atoms with Crippen molar-refractivity contribution in [2.24, 2.45) is 0 Å². The van der Waals surface area contributed by atoms with Gasteiger partial charge in [0.05, 0.1) is 11.3 Å². The first kappa shape index (κ1) is 23.3. The Morgan fingerprint density at radius 2 is 1.59 bits per heavy atom. The Morgan fingerprint density at radius 1 is 0.971 bits per heavy atom. The van der Waals surface area contributed by atoms with E-state index < -0.39 is 29.5 Å². The van der Waals surface area contributed by atoms with Gasteiger partial charge in [0.25, 0.3) is 11.8 Å². The molecular weight excluding hydrogens is 447 g/mol. The van der Waals surface area contributed by atoms with Crippen molar-refractivity contribution < 1.29 is 27.6 Å². The first-order valence-electron chi connectivity index (χ1n) is 10.6. The molecule has 1 heterocycles. The molecular formula is C25H22F3N3O3. The van der Waals surface area contributed by atoms with Crippen LogP contribution in [-0.4, -0.2) is 43.3 Å². The van der Waals surface area contributed by atoms with Crippen molar-refractivity contribution in [3.63, 3.8) is 0 Å². The van der Waals surface area contributed by atoms with Gasteiger partial charge in [-0.05, 0) is 42.1 Å². The van der Waals surface area contributed by atoms with Gasteiger partial charge in [0, 0.05) is 49.3 Å². The Morgan fingerprint density at radius 3 is 2.15 bits per heavy atom. The molecule has 34 heavy (non-hydrogen) atoms. The Bertz CT molecular complexity index is 1250. The summed E-state index contributed by atoms with van der Waals surface area (Å²) >= 11 is 0. The molecule has 176 valence electrons. The van der Waals surface area contributed by atoms with E-state index in [0.717, 1.165) is 16.4 Å². The number of hydrogen-bond donors (Lipinski definition) is 1. The van der Waals surface area contributed by atoms with E-state index >= 15 is 0 Å². The molecule has 1 N–H and O–H groups in total. The van der Waals surface area contributed by atoms with Crippen molar-refractivity contribution in [3.8, 4) is 0 Å². The van der Waals surface area contributed by atoms with Crippen LogP contribution in [0.15, 0.2) is 54.6 Å². The summed E-state index contributed by atoms with van der Waals surface area (Å²) in [7, 11) is 3.24. The van der Waals surface area contributed by atoms with Gasteiger partial charge in [-0.1, -0.05) is 24.3 Å². The highest BCUT2D eigenvalue weighted by Gasteiger charge is 2.35. The minimum Gasteiger partial charge on any atom is -0.378 e. The fraction of sp³-hybridized carbons (Fsp3) is 0.240. The molecule has 0 saturated carbocycles. The summed E-state index contributed by atoms with van der Waals surface area (Å²) in [6.45, 7) is -0.0263. The SMILES string of the molecule is CN(C)c1ccc(NC(=O)CCCN2C(=O)c3cccc4cccc(c34)C2=O)c(C(F)(F)F)c1. The molecule has 0 bridgehead atoms. The second kappa shape index (κ2) is 8.81. The van der Waals surface area contributed by atoms with Crippen molar-refractivity contribution in [1.29, 1.82) is 0 Å². The van der Waals surface area contributed by atoms with Crippen LogP contribution < -0.4 is 10.2 Å². The van der Waals surface area contributed by atoms with Crippen LogP contribution in [0.25, 0.3) is 10.8 Å². The fourth-order valence-electron chi connectivity index (χ4n) is 4.05. The number of nitrogens with zero attached hydrogens (tertiary/aromatic N) is 2. The molecule has 0 spiro atoms. The van der Waals surface area contributed by atoms with Gasteiger partial charge >= 0.3 is 6.18 Å². The Labute approximate surface area is 193 Å².